The minimum atomic E-state index is -0.280. The Morgan fingerprint density at radius 3 is 2.69 bits per heavy atom. The van der Waals surface area contributed by atoms with Crippen LogP contribution in [-0.2, 0) is 9.47 Å². The van der Waals surface area contributed by atoms with Crippen LogP contribution >= 0.6 is 0 Å². The number of ether oxygens (including phenoxy) is 2. The molecule has 2 saturated heterocycles. The number of rotatable bonds is 1. The van der Waals surface area contributed by atoms with Crippen LogP contribution in [0.15, 0.2) is 0 Å². The van der Waals surface area contributed by atoms with Gasteiger partial charge in [-0.2, -0.15) is 0 Å². The maximum absolute atomic E-state index is 10.9. The molecule has 0 aromatic heterocycles. The number of amides is 1. The topological polar surface area (TPSA) is 47.6 Å². The Hall–Kier alpha value is -0.770. The highest BCUT2D eigenvalue weighted by molar-refractivity contribution is 5.69. The Labute approximate surface area is 77.6 Å². The molecule has 4 nitrogen and oxygen atoms in total. The highest BCUT2D eigenvalue weighted by Crippen LogP contribution is 2.34. The van der Waals surface area contributed by atoms with Gasteiger partial charge in [-0.15, -0.1) is 0 Å². The molecular formula is C9H15NO3. The summed E-state index contributed by atoms with van der Waals surface area (Å²) in [5, 5.41) is 2.85. The molecule has 0 radical (unpaired) electrons. The van der Waals surface area contributed by atoms with Gasteiger partial charge in [-0.25, -0.2) is 4.79 Å². The van der Waals surface area contributed by atoms with Crippen LogP contribution in [0.2, 0.25) is 0 Å². The Bertz CT molecular complexity index is 211. The smallest absolute Gasteiger partial charge is 0.407 e. The van der Waals surface area contributed by atoms with E-state index in [1.165, 1.54) is 0 Å². The van der Waals surface area contributed by atoms with Gasteiger partial charge in [0.15, 0.2) is 0 Å². The minimum Gasteiger partial charge on any atom is -0.447 e. The lowest BCUT2D eigenvalue weighted by Gasteiger charge is -2.37. The summed E-state index contributed by atoms with van der Waals surface area (Å²) in [6.07, 6.45) is 1.72. The Morgan fingerprint density at radius 1 is 1.46 bits per heavy atom. The van der Waals surface area contributed by atoms with Crippen molar-refractivity contribution in [1.82, 2.24) is 5.32 Å². The second-order valence-electron chi connectivity index (χ2n) is 4.06. The van der Waals surface area contributed by atoms with Gasteiger partial charge in [-0.3, -0.25) is 0 Å². The van der Waals surface area contributed by atoms with Gasteiger partial charge in [0.05, 0.1) is 6.04 Å². The van der Waals surface area contributed by atoms with E-state index in [1.54, 1.807) is 0 Å². The number of hydrogen-bond acceptors (Lipinski definition) is 3. The van der Waals surface area contributed by atoms with E-state index >= 15 is 0 Å². The molecule has 1 N–H and O–H groups in total. The van der Waals surface area contributed by atoms with Crippen LogP contribution in [0, 0.1) is 5.41 Å². The van der Waals surface area contributed by atoms with Crippen LogP contribution in [-0.4, -0.2) is 32.0 Å². The number of nitrogens with one attached hydrogen (secondary N) is 1. The lowest BCUT2D eigenvalue weighted by molar-refractivity contribution is 0.00580. The van der Waals surface area contributed by atoms with Crippen molar-refractivity contribution < 1.29 is 14.3 Å². The molecule has 0 saturated carbocycles. The third-order valence-electron chi connectivity index (χ3n) is 3.15. The maximum atomic E-state index is 10.9. The quantitative estimate of drug-likeness (QED) is 0.660. The lowest BCUT2D eigenvalue weighted by atomic mass is 9.76. The van der Waals surface area contributed by atoms with Crippen LogP contribution in [0.3, 0.4) is 0 Å². The fraction of sp³-hybridized carbons (Fsp3) is 0.889. The number of carbonyl (C=O) groups excluding carboxylic acids is 1. The number of hydrogen-bond donors (Lipinski definition) is 1. The van der Waals surface area contributed by atoms with Gasteiger partial charge in [0, 0.05) is 13.2 Å². The first kappa shape index (κ1) is 8.81. The second kappa shape index (κ2) is 3.18. The molecule has 1 atom stereocenters. The second-order valence-corrected chi connectivity index (χ2v) is 4.06. The SMILES string of the molecule is CC1(C2COC(=O)N2)CCOCC1. The van der Waals surface area contributed by atoms with E-state index in [-0.39, 0.29) is 17.6 Å². The molecule has 1 amide bonds. The van der Waals surface area contributed by atoms with Crippen LogP contribution in [0.1, 0.15) is 19.8 Å². The zero-order valence-corrected chi connectivity index (χ0v) is 7.84. The van der Waals surface area contributed by atoms with Gasteiger partial charge in [0.25, 0.3) is 0 Å². The first-order chi connectivity index (χ1) is 6.21. The van der Waals surface area contributed by atoms with Crippen molar-refractivity contribution in [2.75, 3.05) is 19.8 Å². The molecule has 0 bridgehead atoms. The first-order valence-electron chi connectivity index (χ1n) is 4.72. The summed E-state index contributed by atoms with van der Waals surface area (Å²) in [6.45, 7) is 4.29. The van der Waals surface area contributed by atoms with Crippen molar-refractivity contribution >= 4 is 6.09 Å². The standard InChI is InChI=1S/C9H15NO3/c1-9(2-4-12-5-3-9)7-6-13-8(11)10-7/h7H,2-6H2,1H3,(H,10,11). The molecule has 2 aliphatic rings. The Kier molecular flexibility index (Phi) is 2.15. The molecule has 2 fully saturated rings. The number of cyclic esters (lactones) is 1. The average molecular weight is 185 g/mol. The summed E-state index contributed by atoms with van der Waals surface area (Å²) >= 11 is 0. The van der Waals surface area contributed by atoms with Gasteiger partial charge in [0.1, 0.15) is 6.61 Å². The van der Waals surface area contributed by atoms with Gasteiger partial charge in [0.2, 0.25) is 0 Å². The summed E-state index contributed by atoms with van der Waals surface area (Å²) < 4.78 is 10.2. The van der Waals surface area contributed by atoms with E-state index < -0.39 is 0 Å². The average Bonchev–Trinajstić information content (AvgIpc) is 2.54. The predicted molar refractivity (Wildman–Crippen MR) is 46.4 cm³/mol. The molecule has 2 aliphatic heterocycles. The van der Waals surface area contributed by atoms with Crippen LogP contribution in [0.4, 0.5) is 4.79 Å². The van der Waals surface area contributed by atoms with E-state index in [4.69, 9.17) is 9.47 Å². The van der Waals surface area contributed by atoms with Gasteiger partial charge in [-0.05, 0) is 18.3 Å². The molecule has 0 aromatic rings. The van der Waals surface area contributed by atoms with Crippen molar-refractivity contribution in [3.05, 3.63) is 0 Å². The van der Waals surface area contributed by atoms with Crippen molar-refractivity contribution in [2.45, 2.75) is 25.8 Å². The zero-order valence-electron chi connectivity index (χ0n) is 7.84. The monoisotopic (exact) mass is 185 g/mol. The number of carbonyl (C=O) groups is 1. The van der Waals surface area contributed by atoms with E-state index in [1.807, 2.05) is 0 Å². The number of alkyl carbamates (subject to hydrolysis) is 1. The van der Waals surface area contributed by atoms with Crippen molar-refractivity contribution in [2.24, 2.45) is 5.41 Å². The van der Waals surface area contributed by atoms with E-state index in [0.29, 0.717) is 6.61 Å². The normalized spacial score (nSPS) is 32.4. The third kappa shape index (κ3) is 1.63. The van der Waals surface area contributed by atoms with Gasteiger partial charge < -0.3 is 14.8 Å². The minimum absolute atomic E-state index is 0.157. The highest BCUT2D eigenvalue weighted by atomic mass is 16.6. The maximum Gasteiger partial charge on any atom is 0.407 e. The predicted octanol–water partition coefficient (Wildman–Crippen LogP) is 0.912. The summed E-state index contributed by atoms with van der Waals surface area (Å²) in [5.74, 6) is 0. The zero-order chi connectivity index (χ0) is 9.31. The summed E-state index contributed by atoms with van der Waals surface area (Å²) in [4.78, 5) is 10.9. The van der Waals surface area contributed by atoms with Crippen molar-refractivity contribution in [3.63, 3.8) is 0 Å². The van der Waals surface area contributed by atoms with Gasteiger partial charge >= 0.3 is 6.09 Å². The lowest BCUT2D eigenvalue weighted by Crippen LogP contribution is -2.45. The molecule has 13 heavy (non-hydrogen) atoms. The van der Waals surface area contributed by atoms with E-state index in [2.05, 4.69) is 12.2 Å². The Morgan fingerprint density at radius 2 is 2.15 bits per heavy atom. The van der Waals surface area contributed by atoms with Crippen LogP contribution in [0.25, 0.3) is 0 Å². The molecule has 0 aromatic carbocycles. The molecule has 2 heterocycles. The molecule has 0 aliphatic carbocycles. The molecule has 2 rings (SSSR count). The molecular weight excluding hydrogens is 170 g/mol. The summed E-state index contributed by atoms with van der Waals surface area (Å²) in [6, 6.07) is 0.170. The third-order valence-corrected chi connectivity index (χ3v) is 3.15. The molecule has 74 valence electrons. The fourth-order valence-electron chi connectivity index (χ4n) is 1.95. The van der Waals surface area contributed by atoms with Crippen LogP contribution in [0.5, 0.6) is 0 Å². The van der Waals surface area contributed by atoms with E-state index in [0.717, 1.165) is 26.1 Å². The first-order valence-corrected chi connectivity index (χ1v) is 4.72. The molecule has 4 heteroatoms. The van der Waals surface area contributed by atoms with Crippen molar-refractivity contribution in [1.29, 1.82) is 0 Å². The van der Waals surface area contributed by atoms with E-state index in [9.17, 15) is 4.79 Å². The molecule has 1 unspecified atom stereocenters. The fourth-order valence-corrected chi connectivity index (χ4v) is 1.95. The summed E-state index contributed by atoms with van der Waals surface area (Å²) in [5.41, 5.74) is 0.157. The molecule has 0 spiro atoms. The van der Waals surface area contributed by atoms with Gasteiger partial charge in [-0.1, -0.05) is 6.92 Å². The Balaban J connectivity index is 2.01. The van der Waals surface area contributed by atoms with Crippen LogP contribution < -0.4 is 5.32 Å². The largest absolute Gasteiger partial charge is 0.447 e. The van der Waals surface area contributed by atoms with Crippen molar-refractivity contribution in [3.8, 4) is 0 Å². The highest BCUT2D eigenvalue weighted by Gasteiger charge is 2.40. The summed E-state index contributed by atoms with van der Waals surface area (Å²) in [7, 11) is 0.